The van der Waals surface area contributed by atoms with Gasteiger partial charge in [-0.3, -0.25) is 10.1 Å². The number of nitrogens with zero attached hydrogens (tertiary/aromatic N) is 1. The van der Waals surface area contributed by atoms with Crippen molar-refractivity contribution in [2.24, 2.45) is 0 Å². The highest BCUT2D eigenvalue weighted by Gasteiger charge is 2.19. The molecule has 0 aliphatic carbocycles. The van der Waals surface area contributed by atoms with Gasteiger partial charge in [0, 0.05) is 12.7 Å². The van der Waals surface area contributed by atoms with E-state index < -0.39 is 0 Å². The first kappa shape index (κ1) is 13.9. The molecule has 0 amide bonds. The van der Waals surface area contributed by atoms with Gasteiger partial charge in [0.1, 0.15) is 11.4 Å². The van der Waals surface area contributed by atoms with Gasteiger partial charge in [0.2, 0.25) is 0 Å². The molecule has 2 aromatic carbocycles. The Bertz CT molecular complexity index is 626. The Morgan fingerprint density at radius 1 is 1.05 bits per heavy atom. The highest BCUT2D eigenvalue weighted by molar-refractivity contribution is 5.80. The number of hydrogen-bond donors (Lipinski definition) is 2. The molecule has 20 heavy (non-hydrogen) atoms. The monoisotopic (exact) mass is 271 g/mol. The number of anilines is 3. The number of hydrogen-bond acceptors (Lipinski definition) is 4. The second-order valence-corrected chi connectivity index (χ2v) is 4.34. The topological polar surface area (TPSA) is 67.2 Å². The summed E-state index contributed by atoms with van der Waals surface area (Å²) in [5.74, 6) is 0. The molecular formula is C15H17N3O2. The molecule has 0 aromatic heterocycles. The molecule has 5 heteroatoms. The average molecular weight is 271 g/mol. The Labute approximate surface area is 117 Å². The van der Waals surface area contributed by atoms with E-state index in [0.29, 0.717) is 11.4 Å². The summed E-state index contributed by atoms with van der Waals surface area (Å²) in [6, 6.07) is 13.0. The van der Waals surface area contributed by atoms with E-state index in [4.69, 9.17) is 0 Å². The van der Waals surface area contributed by atoms with Crippen molar-refractivity contribution in [1.82, 2.24) is 0 Å². The molecule has 0 saturated carbocycles. The summed E-state index contributed by atoms with van der Waals surface area (Å²) in [6.45, 7) is 2.05. The van der Waals surface area contributed by atoms with E-state index in [1.807, 2.05) is 24.3 Å². The summed E-state index contributed by atoms with van der Waals surface area (Å²) >= 11 is 0. The standard InChI is InChI=1S/C15H17N3O2/c1-3-11-7-4-5-8-12(11)17-14-10-6-9-13(16-2)15(14)18(19)20/h4-10,16-17H,3H2,1-2H3. The van der Waals surface area contributed by atoms with Gasteiger partial charge in [0.25, 0.3) is 0 Å². The first-order chi connectivity index (χ1) is 9.67. The minimum Gasteiger partial charge on any atom is -0.382 e. The molecular weight excluding hydrogens is 254 g/mol. The van der Waals surface area contributed by atoms with Crippen LogP contribution in [0.15, 0.2) is 42.5 Å². The van der Waals surface area contributed by atoms with Gasteiger partial charge in [-0.1, -0.05) is 31.2 Å². The first-order valence-corrected chi connectivity index (χ1v) is 6.47. The molecule has 0 unspecified atom stereocenters. The van der Waals surface area contributed by atoms with Crippen LogP contribution in [-0.2, 0) is 6.42 Å². The molecule has 0 heterocycles. The minimum absolute atomic E-state index is 0.0564. The molecule has 2 aromatic rings. The highest BCUT2D eigenvalue weighted by Crippen LogP contribution is 2.35. The van der Waals surface area contributed by atoms with Gasteiger partial charge < -0.3 is 10.6 Å². The molecule has 2 N–H and O–H groups in total. The Morgan fingerprint density at radius 2 is 1.70 bits per heavy atom. The maximum absolute atomic E-state index is 11.3. The SMILES string of the molecule is CCc1ccccc1Nc1cccc(NC)c1[N+](=O)[O-]. The molecule has 0 aliphatic rings. The van der Waals surface area contributed by atoms with Gasteiger partial charge in [-0.25, -0.2) is 0 Å². The van der Waals surface area contributed by atoms with Gasteiger partial charge in [-0.05, 0) is 30.2 Å². The van der Waals surface area contributed by atoms with E-state index in [1.165, 1.54) is 0 Å². The zero-order valence-corrected chi connectivity index (χ0v) is 11.5. The first-order valence-electron chi connectivity index (χ1n) is 6.47. The van der Waals surface area contributed by atoms with E-state index in [1.54, 1.807) is 25.2 Å². The summed E-state index contributed by atoms with van der Waals surface area (Å²) in [4.78, 5) is 10.9. The maximum atomic E-state index is 11.3. The Hall–Kier alpha value is -2.56. The van der Waals surface area contributed by atoms with Gasteiger partial charge in [-0.15, -0.1) is 0 Å². The summed E-state index contributed by atoms with van der Waals surface area (Å²) in [5.41, 5.74) is 3.06. The molecule has 5 nitrogen and oxygen atoms in total. The number of aryl methyl sites for hydroxylation is 1. The van der Waals surface area contributed by atoms with E-state index in [-0.39, 0.29) is 10.6 Å². The quantitative estimate of drug-likeness (QED) is 0.638. The molecule has 2 rings (SSSR count). The van der Waals surface area contributed by atoms with Gasteiger partial charge in [0.05, 0.1) is 4.92 Å². The van der Waals surface area contributed by atoms with E-state index in [0.717, 1.165) is 17.7 Å². The molecule has 0 saturated heterocycles. The lowest BCUT2D eigenvalue weighted by molar-refractivity contribution is -0.383. The molecule has 0 spiro atoms. The third kappa shape index (κ3) is 2.71. The predicted octanol–water partition coefficient (Wildman–Crippen LogP) is 3.94. The number of nitro benzene ring substituents is 1. The number of nitrogens with one attached hydrogen (secondary N) is 2. The summed E-state index contributed by atoms with van der Waals surface area (Å²) < 4.78 is 0. The van der Waals surface area contributed by atoms with Crippen molar-refractivity contribution in [3.05, 3.63) is 58.1 Å². The van der Waals surface area contributed by atoms with Crippen molar-refractivity contribution < 1.29 is 4.92 Å². The van der Waals surface area contributed by atoms with Crippen LogP contribution in [0, 0.1) is 10.1 Å². The Morgan fingerprint density at radius 3 is 2.35 bits per heavy atom. The lowest BCUT2D eigenvalue weighted by Gasteiger charge is -2.12. The summed E-state index contributed by atoms with van der Waals surface area (Å²) in [5, 5.41) is 17.3. The van der Waals surface area contributed by atoms with Gasteiger partial charge >= 0.3 is 5.69 Å². The van der Waals surface area contributed by atoms with E-state index in [2.05, 4.69) is 17.6 Å². The van der Waals surface area contributed by atoms with Crippen LogP contribution in [0.4, 0.5) is 22.7 Å². The van der Waals surface area contributed by atoms with Crippen LogP contribution in [0.3, 0.4) is 0 Å². The van der Waals surface area contributed by atoms with Crippen molar-refractivity contribution in [1.29, 1.82) is 0 Å². The van der Waals surface area contributed by atoms with Crippen molar-refractivity contribution in [2.45, 2.75) is 13.3 Å². The van der Waals surface area contributed by atoms with Gasteiger partial charge in [-0.2, -0.15) is 0 Å². The normalized spacial score (nSPS) is 10.1. The second kappa shape index (κ2) is 6.06. The largest absolute Gasteiger partial charge is 0.382 e. The van der Waals surface area contributed by atoms with E-state index >= 15 is 0 Å². The van der Waals surface area contributed by atoms with E-state index in [9.17, 15) is 10.1 Å². The van der Waals surface area contributed by atoms with Crippen LogP contribution in [0.5, 0.6) is 0 Å². The highest BCUT2D eigenvalue weighted by atomic mass is 16.6. The Kier molecular flexibility index (Phi) is 4.20. The number of nitro groups is 1. The fourth-order valence-electron chi connectivity index (χ4n) is 2.14. The third-order valence-corrected chi connectivity index (χ3v) is 3.16. The molecule has 0 fully saturated rings. The lowest BCUT2D eigenvalue weighted by atomic mass is 10.1. The van der Waals surface area contributed by atoms with Crippen LogP contribution < -0.4 is 10.6 Å². The number of para-hydroxylation sites is 2. The smallest absolute Gasteiger partial charge is 0.315 e. The van der Waals surface area contributed by atoms with Crippen molar-refractivity contribution >= 4 is 22.7 Å². The lowest BCUT2D eigenvalue weighted by Crippen LogP contribution is -2.02. The van der Waals surface area contributed by atoms with Crippen molar-refractivity contribution in [3.8, 4) is 0 Å². The van der Waals surface area contributed by atoms with Crippen LogP contribution in [0.25, 0.3) is 0 Å². The summed E-state index contributed by atoms with van der Waals surface area (Å²) in [6.07, 6.45) is 0.864. The van der Waals surface area contributed by atoms with Crippen LogP contribution >= 0.6 is 0 Å². The molecule has 0 radical (unpaired) electrons. The Balaban J connectivity index is 2.46. The predicted molar refractivity (Wildman–Crippen MR) is 81.7 cm³/mol. The number of benzene rings is 2. The molecule has 0 atom stereocenters. The zero-order chi connectivity index (χ0) is 14.5. The fourth-order valence-corrected chi connectivity index (χ4v) is 2.14. The molecule has 0 bridgehead atoms. The molecule has 0 aliphatic heterocycles. The zero-order valence-electron chi connectivity index (χ0n) is 11.5. The van der Waals surface area contributed by atoms with Gasteiger partial charge in [0.15, 0.2) is 0 Å². The van der Waals surface area contributed by atoms with Crippen molar-refractivity contribution in [2.75, 3.05) is 17.7 Å². The summed E-state index contributed by atoms with van der Waals surface area (Å²) in [7, 11) is 1.67. The van der Waals surface area contributed by atoms with Crippen LogP contribution in [0.2, 0.25) is 0 Å². The van der Waals surface area contributed by atoms with Crippen LogP contribution in [-0.4, -0.2) is 12.0 Å². The fraction of sp³-hybridized carbons (Fsp3) is 0.200. The second-order valence-electron chi connectivity index (χ2n) is 4.34. The number of rotatable bonds is 5. The van der Waals surface area contributed by atoms with Crippen LogP contribution in [0.1, 0.15) is 12.5 Å². The molecule has 104 valence electrons. The van der Waals surface area contributed by atoms with Crippen molar-refractivity contribution in [3.63, 3.8) is 0 Å². The average Bonchev–Trinajstić information content (AvgIpc) is 2.47. The maximum Gasteiger partial charge on any atom is 0.315 e. The third-order valence-electron chi connectivity index (χ3n) is 3.16. The minimum atomic E-state index is -0.372.